The van der Waals surface area contributed by atoms with Crippen LogP contribution in [0.1, 0.15) is 12.5 Å². The molecule has 0 aliphatic carbocycles. The number of methoxy groups -OCH3 is 4. The molecule has 0 fully saturated rings. The molecule has 0 aromatic heterocycles. The number of nitrogens with one attached hydrogen (secondary N) is 2. The van der Waals surface area contributed by atoms with Gasteiger partial charge in [-0.1, -0.05) is 0 Å². The zero-order valence-electron chi connectivity index (χ0n) is 18.0. The van der Waals surface area contributed by atoms with Crippen LogP contribution in [0, 0.1) is 0 Å². The maximum Gasteiger partial charge on any atom is 0.253 e. The van der Waals surface area contributed by atoms with E-state index in [9.17, 15) is 14.7 Å². The fourth-order valence-corrected chi connectivity index (χ4v) is 2.66. The van der Waals surface area contributed by atoms with Gasteiger partial charge < -0.3 is 34.7 Å². The topological polar surface area (TPSA) is 115 Å². The van der Waals surface area contributed by atoms with Crippen molar-refractivity contribution in [2.45, 2.75) is 13.0 Å². The number of hydrogen-bond acceptors (Lipinski definition) is 7. The summed E-state index contributed by atoms with van der Waals surface area (Å²) < 4.78 is 21.1. The Labute approximate surface area is 180 Å². The second-order valence-corrected chi connectivity index (χ2v) is 6.35. The van der Waals surface area contributed by atoms with Crippen molar-refractivity contribution in [1.29, 1.82) is 0 Å². The molecule has 0 saturated heterocycles. The summed E-state index contributed by atoms with van der Waals surface area (Å²) in [6.07, 6.45) is 1.69. The van der Waals surface area contributed by atoms with Crippen molar-refractivity contribution >= 4 is 29.3 Å². The Morgan fingerprint density at radius 1 is 0.903 bits per heavy atom. The SMILES string of the molecule is COc1cc(OC)c(/C=C/C(=O)Nc2ccc(OC)c(NC(=O)C(C)O)c2)c(OC)c1. The molecular weight excluding hydrogens is 404 g/mol. The summed E-state index contributed by atoms with van der Waals surface area (Å²) >= 11 is 0. The average Bonchev–Trinajstić information content (AvgIpc) is 2.77. The number of hydrogen-bond donors (Lipinski definition) is 3. The molecule has 2 rings (SSSR count). The molecule has 2 aromatic carbocycles. The predicted octanol–water partition coefficient (Wildman–Crippen LogP) is 2.69. The third-order valence-electron chi connectivity index (χ3n) is 4.26. The van der Waals surface area contributed by atoms with Crippen molar-refractivity contribution < 1.29 is 33.6 Å². The number of benzene rings is 2. The van der Waals surface area contributed by atoms with Gasteiger partial charge in [0.25, 0.3) is 5.91 Å². The van der Waals surface area contributed by atoms with Gasteiger partial charge >= 0.3 is 0 Å². The summed E-state index contributed by atoms with van der Waals surface area (Å²) in [4.78, 5) is 24.2. The van der Waals surface area contributed by atoms with Crippen molar-refractivity contribution in [3.63, 3.8) is 0 Å². The predicted molar refractivity (Wildman–Crippen MR) is 117 cm³/mol. The van der Waals surface area contributed by atoms with Crippen molar-refractivity contribution in [2.75, 3.05) is 39.1 Å². The van der Waals surface area contributed by atoms with Crippen molar-refractivity contribution in [3.8, 4) is 23.0 Å². The van der Waals surface area contributed by atoms with Crippen LogP contribution >= 0.6 is 0 Å². The van der Waals surface area contributed by atoms with Crippen LogP contribution in [-0.4, -0.2) is 51.5 Å². The Bertz CT molecular complexity index is 945. The van der Waals surface area contributed by atoms with Crippen LogP contribution in [0.2, 0.25) is 0 Å². The quantitative estimate of drug-likeness (QED) is 0.524. The normalized spacial score (nSPS) is 11.5. The minimum atomic E-state index is -1.19. The monoisotopic (exact) mass is 430 g/mol. The first-order valence-corrected chi connectivity index (χ1v) is 9.29. The fourth-order valence-electron chi connectivity index (χ4n) is 2.66. The van der Waals surface area contributed by atoms with E-state index < -0.39 is 17.9 Å². The number of aliphatic hydroxyl groups excluding tert-OH is 1. The van der Waals surface area contributed by atoms with Gasteiger partial charge in [0.1, 0.15) is 29.1 Å². The molecule has 9 nitrogen and oxygen atoms in total. The standard InChI is InChI=1S/C22H26N2O7/c1-13(25)22(27)24-17-10-14(6-8-18(17)29-3)23-21(26)9-7-16-19(30-4)11-15(28-2)12-20(16)31-5/h6-13,25H,1-5H3,(H,23,26)(H,24,27)/b9-7+. The summed E-state index contributed by atoms with van der Waals surface area (Å²) in [7, 11) is 5.99. The Balaban J connectivity index is 2.23. The highest BCUT2D eigenvalue weighted by atomic mass is 16.5. The number of carbonyl (C=O) groups is 2. The minimum absolute atomic E-state index is 0.314. The fraction of sp³-hybridized carbons (Fsp3) is 0.273. The van der Waals surface area contributed by atoms with Crippen molar-refractivity contribution in [2.24, 2.45) is 0 Å². The van der Waals surface area contributed by atoms with E-state index in [1.165, 1.54) is 47.5 Å². The van der Waals surface area contributed by atoms with Gasteiger partial charge in [-0.15, -0.1) is 0 Å². The Hall–Kier alpha value is -3.72. The molecule has 3 N–H and O–H groups in total. The lowest BCUT2D eigenvalue weighted by molar-refractivity contribution is -0.123. The molecule has 0 spiro atoms. The number of ether oxygens (including phenoxy) is 4. The third-order valence-corrected chi connectivity index (χ3v) is 4.26. The Morgan fingerprint density at radius 2 is 1.52 bits per heavy atom. The van der Waals surface area contributed by atoms with E-state index in [0.29, 0.717) is 39.9 Å². The summed E-state index contributed by atoms with van der Waals surface area (Å²) in [6.45, 7) is 1.35. The molecule has 0 bridgehead atoms. The van der Waals surface area contributed by atoms with Gasteiger partial charge in [0.2, 0.25) is 5.91 Å². The van der Waals surface area contributed by atoms with Crippen LogP contribution in [0.5, 0.6) is 23.0 Å². The summed E-state index contributed by atoms with van der Waals surface area (Å²) in [5.74, 6) is 0.884. The van der Waals surface area contributed by atoms with Crippen LogP contribution in [0.4, 0.5) is 11.4 Å². The highest BCUT2D eigenvalue weighted by Crippen LogP contribution is 2.35. The molecule has 31 heavy (non-hydrogen) atoms. The highest BCUT2D eigenvalue weighted by molar-refractivity contribution is 6.03. The number of rotatable bonds is 9. The van der Waals surface area contributed by atoms with E-state index in [-0.39, 0.29) is 0 Å². The molecule has 0 saturated carbocycles. The zero-order chi connectivity index (χ0) is 23.0. The Morgan fingerprint density at radius 3 is 2.03 bits per heavy atom. The first kappa shape index (κ1) is 23.6. The molecule has 1 unspecified atom stereocenters. The van der Waals surface area contributed by atoms with Crippen LogP contribution in [0.25, 0.3) is 6.08 Å². The first-order chi connectivity index (χ1) is 14.8. The van der Waals surface area contributed by atoms with E-state index in [4.69, 9.17) is 18.9 Å². The lowest BCUT2D eigenvalue weighted by Crippen LogP contribution is -2.24. The largest absolute Gasteiger partial charge is 0.496 e. The first-order valence-electron chi connectivity index (χ1n) is 9.29. The van der Waals surface area contributed by atoms with Gasteiger partial charge in [0.15, 0.2) is 0 Å². The molecule has 0 heterocycles. The smallest absolute Gasteiger partial charge is 0.253 e. The Kier molecular flexibility index (Phi) is 8.27. The van der Waals surface area contributed by atoms with Crippen LogP contribution < -0.4 is 29.6 Å². The number of anilines is 2. The molecule has 1 atom stereocenters. The van der Waals surface area contributed by atoms with Gasteiger partial charge in [0.05, 0.1) is 39.7 Å². The molecule has 0 aliphatic rings. The van der Waals surface area contributed by atoms with Gasteiger partial charge in [0, 0.05) is 23.9 Å². The summed E-state index contributed by atoms with van der Waals surface area (Å²) in [6, 6.07) is 8.10. The lowest BCUT2D eigenvalue weighted by Gasteiger charge is -2.13. The van der Waals surface area contributed by atoms with Crippen LogP contribution in [0.15, 0.2) is 36.4 Å². The van der Waals surface area contributed by atoms with Gasteiger partial charge in [-0.3, -0.25) is 9.59 Å². The zero-order valence-corrected chi connectivity index (χ0v) is 18.0. The van der Waals surface area contributed by atoms with Gasteiger partial charge in [-0.25, -0.2) is 0 Å². The maximum atomic E-state index is 12.4. The van der Waals surface area contributed by atoms with E-state index in [1.807, 2.05) is 0 Å². The number of amides is 2. The summed E-state index contributed by atoms with van der Waals surface area (Å²) in [5.41, 5.74) is 1.30. The van der Waals surface area contributed by atoms with Crippen molar-refractivity contribution in [3.05, 3.63) is 42.0 Å². The molecule has 0 radical (unpaired) electrons. The number of aliphatic hydroxyl groups is 1. The van der Waals surface area contributed by atoms with E-state index in [0.717, 1.165) is 0 Å². The average molecular weight is 430 g/mol. The molecule has 2 aromatic rings. The second kappa shape index (κ2) is 10.9. The van der Waals surface area contributed by atoms with Gasteiger partial charge in [-0.2, -0.15) is 0 Å². The molecule has 9 heteroatoms. The number of carbonyl (C=O) groups excluding carboxylic acids is 2. The summed E-state index contributed by atoms with van der Waals surface area (Å²) in [5, 5.41) is 14.6. The molecule has 166 valence electrons. The highest BCUT2D eigenvalue weighted by Gasteiger charge is 2.14. The van der Waals surface area contributed by atoms with E-state index in [2.05, 4.69) is 10.6 Å². The lowest BCUT2D eigenvalue weighted by atomic mass is 10.1. The minimum Gasteiger partial charge on any atom is -0.496 e. The van der Waals surface area contributed by atoms with Crippen LogP contribution in [-0.2, 0) is 9.59 Å². The molecular formula is C22H26N2O7. The van der Waals surface area contributed by atoms with Crippen molar-refractivity contribution in [1.82, 2.24) is 0 Å². The molecule has 2 amide bonds. The maximum absolute atomic E-state index is 12.4. The van der Waals surface area contributed by atoms with E-state index >= 15 is 0 Å². The van der Waals surface area contributed by atoms with E-state index in [1.54, 1.807) is 30.3 Å². The molecule has 0 aliphatic heterocycles. The second-order valence-electron chi connectivity index (χ2n) is 6.35. The van der Waals surface area contributed by atoms with Gasteiger partial charge in [-0.05, 0) is 31.2 Å². The van der Waals surface area contributed by atoms with Crippen LogP contribution in [0.3, 0.4) is 0 Å². The third kappa shape index (κ3) is 6.13.